The maximum Gasteiger partial charge on any atom is 0.320 e. The highest BCUT2D eigenvalue weighted by Crippen LogP contribution is 2.44. The molecule has 108 valence electrons. The Balaban J connectivity index is 1.89. The maximum atomic E-state index is 12.0. The lowest BCUT2D eigenvalue weighted by Gasteiger charge is -2.40. The van der Waals surface area contributed by atoms with Crippen LogP contribution in [-0.2, 0) is 4.79 Å². The van der Waals surface area contributed by atoms with Gasteiger partial charge in [0.05, 0.1) is 6.54 Å². The fourth-order valence-corrected chi connectivity index (χ4v) is 2.67. The molecule has 0 spiro atoms. The number of carbonyl (C=O) groups is 2. The summed E-state index contributed by atoms with van der Waals surface area (Å²) in [6, 6.07) is 8.30. The maximum absolute atomic E-state index is 12.0. The normalized spacial score (nSPS) is 18.1. The average molecular weight is 275 g/mol. The zero-order valence-corrected chi connectivity index (χ0v) is 11.8. The van der Waals surface area contributed by atoms with Gasteiger partial charge in [-0.05, 0) is 24.7 Å². The van der Waals surface area contributed by atoms with Crippen LogP contribution in [0, 0.1) is 5.41 Å². The third kappa shape index (κ3) is 3.67. The van der Waals surface area contributed by atoms with E-state index in [4.69, 9.17) is 0 Å². The van der Waals surface area contributed by atoms with Crippen molar-refractivity contribution in [3.05, 3.63) is 35.9 Å². The summed E-state index contributed by atoms with van der Waals surface area (Å²) >= 11 is 0. The van der Waals surface area contributed by atoms with E-state index in [1.807, 2.05) is 6.07 Å². The van der Waals surface area contributed by atoms with Gasteiger partial charge in [0.15, 0.2) is 5.78 Å². The van der Waals surface area contributed by atoms with Crippen molar-refractivity contribution in [3.8, 4) is 0 Å². The lowest BCUT2D eigenvalue weighted by Crippen LogP contribution is -2.44. The minimum atomic E-state index is -0.876. The molecule has 1 aliphatic carbocycles. The monoisotopic (exact) mass is 275 g/mol. The Morgan fingerprint density at radius 3 is 2.45 bits per heavy atom. The number of nitrogens with one attached hydrogen (secondary N) is 1. The van der Waals surface area contributed by atoms with Gasteiger partial charge in [-0.25, -0.2) is 0 Å². The van der Waals surface area contributed by atoms with E-state index in [1.165, 1.54) is 6.42 Å². The van der Waals surface area contributed by atoms with Crippen LogP contribution in [0.5, 0.6) is 0 Å². The van der Waals surface area contributed by atoms with Gasteiger partial charge in [-0.3, -0.25) is 14.9 Å². The van der Waals surface area contributed by atoms with Gasteiger partial charge >= 0.3 is 5.97 Å². The van der Waals surface area contributed by atoms with Crippen molar-refractivity contribution in [2.45, 2.75) is 38.6 Å². The SMILES string of the molecule is CC1(C[C@H](NCC(=O)c2ccccc2)C(=O)O)CCC1. The van der Waals surface area contributed by atoms with Crippen molar-refractivity contribution >= 4 is 11.8 Å². The molecule has 0 saturated heterocycles. The Bertz CT molecular complexity index is 480. The van der Waals surface area contributed by atoms with Crippen LogP contribution >= 0.6 is 0 Å². The zero-order chi connectivity index (χ0) is 14.6. The highest BCUT2D eigenvalue weighted by Gasteiger charge is 2.36. The molecule has 1 aromatic rings. The number of rotatable bonds is 7. The molecule has 20 heavy (non-hydrogen) atoms. The molecule has 0 bridgehead atoms. The van der Waals surface area contributed by atoms with E-state index in [9.17, 15) is 14.7 Å². The number of hydrogen-bond donors (Lipinski definition) is 2. The van der Waals surface area contributed by atoms with Crippen molar-refractivity contribution in [2.75, 3.05) is 6.54 Å². The van der Waals surface area contributed by atoms with Gasteiger partial charge in [0.2, 0.25) is 0 Å². The summed E-state index contributed by atoms with van der Waals surface area (Å²) in [5, 5.41) is 12.2. The number of Topliss-reactive ketones (excluding diaryl/α,β-unsaturated/α-hetero) is 1. The molecule has 0 unspecified atom stereocenters. The second-order valence-electron chi connectivity index (χ2n) is 5.93. The molecule has 0 aromatic heterocycles. The van der Waals surface area contributed by atoms with Gasteiger partial charge in [0, 0.05) is 5.56 Å². The number of hydrogen-bond acceptors (Lipinski definition) is 3. The standard InChI is InChI=1S/C16H21NO3/c1-16(8-5-9-16)10-13(15(19)20)17-11-14(18)12-6-3-2-4-7-12/h2-4,6-7,13,17H,5,8-11H2,1H3,(H,19,20)/t13-/m0/s1. The van der Waals surface area contributed by atoms with Gasteiger partial charge in [0.1, 0.15) is 6.04 Å². The number of carboxylic acids is 1. The predicted molar refractivity (Wildman–Crippen MR) is 76.8 cm³/mol. The van der Waals surface area contributed by atoms with Crippen molar-refractivity contribution in [1.82, 2.24) is 5.32 Å². The van der Waals surface area contributed by atoms with Gasteiger partial charge in [-0.1, -0.05) is 43.7 Å². The van der Waals surface area contributed by atoms with E-state index in [2.05, 4.69) is 12.2 Å². The van der Waals surface area contributed by atoms with E-state index in [-0.39, 0.29) is 17.7 Å². The summed E-state index contributed by atoms with van der Waals surface area (Å²) in [5.74, 6) is -0.949. The number of carbonyl (C=O) groups excluding carboxylic acids is 1. The number of ketones is 1. The Labute approximate surface area is 119 Å². The molecular formula is C16H21NO3. The van der Waals surface area contributed by atoms with E-state index < -0.39 is 12.0 Å². The summed E-state index contributed by atoms with van der Waals surface area (Å²) in [4.78, 5) is 23.3. The van der Waals surface area contributed by atoms with Crippen LogP contribution in [0.2, 0.25) is 0 Å². The van der Waals surface area contributed by atoms with Gasteiger partial charge < -0.3 is 5.11 Å². The van der Waals surface area contributed by atoms with Crippen molar-refractivity contribution < 1.29 is 14.7 Å². The van der Waals surface area contributed by atoms with Crippen molar-refractivity contribution in [3.63, 3.8) is 0 Å². The first kappa shape index (κ1) is 14.7. The second-order valence-corrected chi connectivity index (χ2v) is 5.93. The zero-order valence-electron chi connectivity index (χ0n) is 11.8. The lowest BCUT2D eigenvalue weighted by molar-refractivity contribution is -0.140. The molecule has 0 amide bonds. The molecule has 1 aliphatic rings. The molecular weight excluding hydrogens is 254 g/mol. The first-order valence-electron chi connectivity index (χ1n) is 7.05. The first-order valence-corrected chi connectivity index (χ1v) is 7.05. The Morgan fingerprint density at radius 2 is 1.95 bits per heavy atom. The number of carboxylic acid groups (broad SMARTS) is 1. The molecule has 0 radical (unpaired) electrons. The highest BCUT2D eigenvalue weighted by atomic mass is 16.4. The third-order valence-electron chi connectivity index (χ3n) is 4.16. The van der Waals surface area contributed by atoms with Crippen molar-refractivity contribution in [2.24, 2.45) is 5.41 Å². The highest BCUT2D eigenvalue weighted by molar-refractivity contribution is 5.97. The third-order valence-corrected chi connectivity index (χ3v) is 4.16. The quantitative estimate of drug-likeness (QED) is 0.750. The topological polar surface area (TPSA) is 66.4 Å². The molecule has 1 fully saturated rings. The predicted octanol–water partition coefficient (Wildman–Crippen LogP) is 2.49. The molecule has 4 nitrogen and oxygen atoms in total. The average Bonchev–Trinajstić information content (AvgIpc) is 2.41. The van der Waals surface area contributed by atoms with E-state index in [0.29, 0.717) is 12.0 Å². The Kier molecular flexibility index (Phi) is 4.55. The van der Waals surface area contributed by atoms with Crippen LogP contribution in [0.25, 0.3) is 0 Å². The van der Waals surface area contributed by atoms with Crippen LogP contribution in [0.3, 0.4) is 0 Å². The van der Waals surface area contributed by atoms with Crippen LogP contribution in [-0.4, -0.2) is 29.4 Å². The van der Waals surface area contributed by atoms with Crippen molar-refractivity contribution in [1.29, 1.82) is 0 Å². The van der Waals surface area contributed by atoms with E-state index in [1.54, 1.807) is 24.3 Å². The number of aliphatic carboxylic acids is 1. The summed E-state index contributed by atoms with van der Waals surface area (Å²) in [6.45, 7) is 2.18. The summed E-state index contributed by atoms with van der Waals surface area (Å²) in [5.41, 5.74) is 0.727. The Morgan fingerprint density at radius 1 is 1.30 bits per heavy atom. The minimum absolute atomic E-state index is 0.0665. The summed E-state index contributed by atoms with van der Waals surface area (Å²) < 4.78 is 0. The molecule has 2 N–H and O–H groups in total. The second kappa shape index (κ2) is 6.18. The smallest absolute Gasteiger partial charge is 0.320 e. The summed E-state index contributed by atoms with van der Waals surface area (Å²) in [7, 11) is 0. The molecule has 1 saturated carbocycles. The first-order chi connectivity index (χ1) is 9.50. The van der Waals surface area contributed by atoms with Gasteiger partial charge in [0.25, 0.3) is 0 Å². The van der Waals surface area contributed by atoms with Gasteiger partial charge in [-0.2, -0.15) is 0 Å². The minimum Gasteiger partial charge on any atom is -0.480 e. The van der Waals surface area contributed by atoms with Crippen LogP contribution in [0.15, 0.2) is 30.3 Å². The largest absolute Gasteiger partial charge is 0.480 e. The fourth-order valence-electron chi connectivity index (χ4n) is 2.67. The van der Waals surface area contributed by atoms with Crippen LogP contribution in [0.1, 0.15) is 43.0 Å². The number of benzene rings is 1. The summed E-state index contributed by atoms with van der Waals surface area (Å²) in [6.07, 6.45) is 3.91. The molecule has 0 aliphatic heterocycles. The van der Waals surface area contributed by atoms with E-state index >= 15 is 0 Å². The molecule has 1 aromatic carbocycles. The molecule has 0 heterocycles. The Hall–Kier alpha value is -1.68. The van der Waals surface area contributed by atoms with E-state index in [0.717, 1.165) is 12.8 Å². The lowest BCUT2D eigenvalue weighted by atomic mass is 9.67. The fraction of sp³-hybridized carbons (Fsp3) is 0.500. The molecule has 1 atom stereocenters. The molecule has 4 heteroatoms. The van der Waals surface area contributed by atoms with Crippen LogP contribution in [0.4, 0.5) is 0 Å². The van der Waals surface area contributed by atoms with Crippen LogP contribution < -0.4 is 5.32 Å². The molecule has 2 rings (SSSR count). The van der Waals surface area contributed by atoms with Gasteiger partial charge in [-0.15, -0.1) is 0 Å².